The average Bonchev–Trinajstić information content (AvgIpc) is 3.24. The van der Waals surface area contributed by atoms with Crippen molar-refractivity contribution in [2.24, 2.45) is 11.0 Å². The summed E-state index contributed by atoms with van der Waals surface area (Å²) in [5.74, 6) is 2.59. The molecule has 5 rings (SSSR count). The molecule has 3 aliphatic rings. The van der Waals surface area contributed by atoms with Crippen LogP contribution in [0.4, 0.5) is 0 Å². The summed E-state index contributed by atoms with van der Waals surface area (Å²) in [4.78, 5) is 0. The fourth-order valence-corrected chi connectivity index (χ4v) is 5.62. The van der Waals surface area contributed by atoms with E-state index in [0.717, 1.165) is 41.9 Å². The Bertz CT molecular complexity index is 1020. The molecule has 164 valence electrons. The molecule has 0 saturated heterocycles. The maximum absolute atomic E-state index is 6.57. The number of ether oxygens (including phenoxy) is 3. The summed E-state index contributed by atoms with van der Waals surface area (Å²) < 4.78 is 17.4. The first kappa shape index (κ1) is 20.8. The molecule has 0 N–H and O–H groups in total. The lowest BCUT2D eigenvalue weighted by Crippen LogP contribution is -2.46. The average molecular weight is 461 g/mol. The molecule has 1 fully saturated rings. The zero-order valence-corrected chi connectivity index (χ0v) is 19.2. The van der Waals surface area contributed by atoms with Crippen molar-refractivity contribution in [3.8, 4) is 17.2 Å². The summed E-state index contributed by atoms with van der Waals surface area (Å²) in [6, 6.07) is 9.71. The van der Waals surface area contributed by atoms with E-state index in [4.69, 9.17) is 42.5 Å². The molecule has 0 amide bonds. The van der Waals surface area contributed by atoms with Gasteiger partial charge in [0.1, 0.15) is 5.75 Å². The molecule has 2 aliphatic heterocycles. The van der Waals surface area contributed by atoms with Crippen molar-refractivity contribution < 1.29 is 14.2 Å². The highest BCUT2D eigenvalue weighted by atomic mass is 35.5. The lowest BCUT2D eigenvalue weighted by molar-refractivity contribution is -0.0642. The molecule has 0 aromatic heterocycles. The van der Waals surface area contributed by atoms with Crippen molar-refractivity contribution in [2.45, 2.75) is 50.8 Å². The number of hydrogen-bond acceptors (Lipinski definition) is 5. The SMILES string of the molecule is COc1ccc(C2=NN3[C@@H](C4CCCCC4)Oc4c(Cl)cc(Cl)cc4[C@@H]3C2)cc1OC. The summed E-state index contributed by atoms with van der Waals surface area (Å²) >= 11 is 12.9. The number of benzene rings is 2. The second-order valence-corrected chi connectivity index (χ2v) is 9.27. The Kier molecular flexibility index (Phi) is 5.65. The van der Waals surface area contributed by atoms with Gasteiger partial charge in [-0.15, -0.1) is 0 Å². The Morgan fingerprint density at radius 3 is 2.52 bits per heavy atom. The lowest BCUT2D eigenvalue weighted by Gasteiger charge is -2.43. The van der Waals surface area contributed by atoms with E-state index in [1.54, 1.807) is 20.3 Å². The van der Waals surface area contributed by atoms with Gasteiger partial charge in [0, 0.05) is 28.5 Å². The largest absolute Gasteiger partial charge is 0.493 e. The Morgan fingerprint density at radius 1 is 1.00 bits per heavy atom. The molecule has 2 atom stereocenters. The number of fused-ring (bicyclic) bond motifs is 3. The molecule has 0 bridgehead atoms. The molecule has 0 unspecified atom stereocenters. The Labute approximate surface area is 192 Å². The van der Waals surface area contributed by atoms with Crippen molar-refractivity contribution in [3.05, 3.63) is 51.5 Å². The highest BCUT2D eigenvalue weighted by molar-refractivity contribution is 6.35. The van der Waals surface area contributed by atoms with Crippen LogP contribution in [0.2, 0.25) is 10.0 Å². The number of hydrazone groups is 1. The normalized spacial score (nSPS) is 23.0. The van der Waals surface area contributed by atoms with E-state index in [9.17, 15) is 0 Å². The minimum absolute atomic E-state index is 0.0509. The van der Waals surface area contributed by atoms with Gasteiger partial charge in [0.25, 0.3) is 0 Å². The predicted octanol–water partition coefficient (Wildman–Crippen LogP) is 6.46. The number of rotatable bonds is 4. The van der Waals surface area contributed by atoms with Gasteiger partial charge in [-0.05, 0) is 43.2 Å². The lowest BCUT2D eigenvalue weighted by atomic mass is 9.86. The summed E-state index contributed by atoms with van der Waals surface area (Å²) in [5, 5.41) is 8.40. The van der Waals surface area contributed by atoms with Crippen molar-refractivity contribution in [2.75, 3.05) is 14.2 Å². The van der Waals surface area contributed by atoms with Crippen LogP contribution in [0.15, 0.2) is 35.4 Å². The van der Waals surface area contributed by atoms with Gasteiger partial charge >= 0.3 is 0 Å². The Hall–Kier alpha value is -2.11. The fourth-order valence-electron chi connectivity index (χ4n) is 5.06. The standard InChI is InChI=1S/C24H26Cl2N2O3/c1-29-21-9-8-15(10-22(21)30-2)19-13-20-17-11-16(25)12-18(26)23(17)31-24(28(20)27-19)14-6-4-3-5-7-14/h8-12,14,20,24H,3-7,13H2,1-2H3/t20-,24+/m0/s1. The molecular formula is C24H26Cl2N2O3. The molecule has 5 nitrogen and oxygen atoms in total. The van der Waals surface area contributed by atoms with Crippen LogP contribution in [0.1, 0.15) is 55.7 Å². The molecule has 31 heavy (non-hydrogen) atoms. The van der Waals surface area contributed by atoms with E-state index in [1.165, 1.54) is 19.3 Å². The van der Waals surface area contributed by atoms with Gasteiger partial charge < -0.3 is 14.2 Å². The molecule has 2 heterocycles. The highest BCUT2D eigenvalue weighted by Gasteiger charge is 2.44. The molecule has 0 spiro atoms. The van der Waals surface area contributed by atoms with Gasteiger partial charge in [0.05, 0.1) is 31.0 Å². The van der Waals surface area contributed by atoms with Gasteiger partial charge in [-0.2, -0.15) is 5.10 Å². The van der Waals surface area contributed by atoms with E-state index in [0.29, 0.717) is 27.5 Å². The molecule has 2 aromatic carbocycles. The van der Waals surface area contributed by atoms with Crippen molar-refractivity contribution in [1.29, 1.82) is 0 Å². The van der Waals surface area contributed by atoms with Crippen molar-refractivity contribution >= 4 is 28.9 Å². The molecule has 2 aromatic rings. The molecule has 1 saturated carbocycles. The van der Waals surface area contributed by atoms with Crippen LogP contribution in [0.3, 0.4) is 0 Å². The monoisotopic (exact) mass is 460 g/mol. The van der Waals surface area contributed by atoms with Crippen molar-refractivity contribution in [1.82, 2.24) is 5.01 Å². The maximum atomic E-state index is 6.57. The van der Waals surface area contributed by atoms with Crippen LogP contribution in [-0.4, -0.2) is 31.2 Å². The summed E-state index contributed by atoms with van der Waals surface area (Å²) in [6.45, 7) is 0. The summed E-state index contributed by atoms with van der Waals surface area (Å²) in [6.07, 6.45) is 6.69. The third-order valence-electron chi connectivity index (χ3n) is 6.61. The summed E-state index contributed by atoms with van der Waals surface area (Å²) in [5.41, 5.74) is 3.02. The van der Waals surface area contributed by atoms with E-state index in [2.05, 4.69) is 5.01 Å². The van der Waals surface area contributed by atoms with Crippen LogP contribution in [0, 0.1) is 5.92 Å². The molecule has 0 radical (unpaired) electrons. The van der Waals surface area contributed by atoms with Crippen LogP contribution < -0.4 is 14.2 Å². The van der Waals surface area contributed by atoms with Crippen LogP contribution in [-0.2, 0) is 0 Å². The number of methoxy groups -OCH3 is 2. The predicted molar refractivity (Wildman–Crippen MR) is 123 cm³/mol. The third kappa shape index (κ3) is 3.72. The number of halogens is 2. The summed E-state index contributed by atoms with van der Waals surface area (Å²) in [7, 11) is 3.29. The van der Waals surface area contributed by atoms with Crippen LogP contribution in [0.25, 0.3) is 0 Å². The van der Waals surface area contributed by atoms with E-state index >= 15 is 0 Å². The van der Waals surface area contributed by atoms with Gasteiger partial charge in [0.2, 0.25) is 0 Å². The zero-order chi connectivity index (χ0) is 21.5. The highest BCUT2D eigenvalue weighted by Crippen LogP contribution is 2.49. The Morgan fingerprint density at radius 2 is 1.77 bits per heavy atom. The quantitative estimate of drug-likeness (QED) is 0.524. The van der Waals surface area contributed by atoms with Gasteiger partial charge in [0.15, 0.2) is 17.7 Å². The molecule has 1 aliphatic carbocycles. The van der Waals surface area contributed by atoms with Gasteiger partial charge in [-0.25, -0.2) is 5.01 Å². The zero-order valence-electron chi connectivity index (χ0n) is 17.7. The van der Waals surface area contributed by atoms with E-state index in [1.807, 2.05) is 24.3 Å². The van der Waals surface area contributed by atoms with E-state index < -0.39 is 0 Å². The van der Waals surface area contributed by atoms with Crippen LogP contribution >= 0.6 is 23.2 Å². The third-order valence-corrected chi connectivity index (χ3v) is 7.11. The number of hydrogen-bond donors (Lipinski definition) is 0. The van der Waals surface area contributed by atoms with Crippen molar-refractivity contribution in [3.63, 3.8) is 0 Å². The first-order valence-corrected chi connectivity index (χ1v) is 11.6. The second-order valence-electron chi connectivity index (χ2n) is 8.43. The second kappa shape index (κ2) is 8.44. The molecule has 7 heteroatoms. The van der Waals surface area contributed by atoms with E-state index in [-0.39, 0.29) is 12.3 Å². The topological polar surface area (TPSA) is 43.3 Å². The first-order chi connectivity index (χ1) is 15.1. The first-order valence-electron chi connectivity index (χ1n) is 10.8. The Balaban J connectivity index is 1.55. The van der Waals surface area contributed by atoms with Crippen LogP contribution in [0.5, 0.6) is 17.2 Å². The maximum Gasteiger partial charge on any atom is 0.190 e. The fraction of sp³-hybridized carbons (Fsp3) is 0.458. The smallest absolute Gasteiger partial charge is 0.190 e. The van der Waals surface area contributed by atoms with Gasteiger partial charge in [-0.1, -0.05) is 42.5 Å². The minimum Gasteiger partial charge on any atom is -0.493 e. The minimum atomic E-state index is -0.117. The van der Waals surface area contributed by atoms with Gasteiger partial charge in [-0.3, -0.25) is 0 Å². The molecular weight excluding hydrogens is 435 g/mol. The number of nitrogens with zero attached hydrogens (tertiary/aromatic N) is 2.